The minimum absolute atomic E-state index is 0.670. The first-order valence-electron chi connectivity index (χ1n) is 11.1. The molecule has 35 heavy (non-hydrogen) atoms. The number of halogens is 3. The number of alkyl halides is 3. The average Bonchev–Trinajstić information content (AvgIpc) is 3.27. The van der Waals surface area contributed by atoms with E-state index in [0.717, 1.165) is 56.6 Å². The van der Waals surface area contributed by atoms with Gasteiger partial charge in [0.1, 0.15) is 17.6 Å². The molecule has 0 aliphatic rings. The Morgan fingerprint density at radius 1 is 0.743 bits per heavy atom. The second-order valence-corrected chi connectivity index (χ2v) is 8.39. The van der Waals surface area contributed by atoms with Crippen LogP contribution in [0.5, 0.6) is 5.75 Å². The quantitative estimate of drug-likeness (QED) is 0.251. The topological polar surface area (TPSA) is 17.7 Å². The van der Waals surface area contributed by atoms with E-state index >= 15 is 0 Å². The number of ether oxygens (including phenoxy) is 1. The SMILES string of the molecule is COc1ccc(-c2c(-c3ccc(C(F)(F)F)cc3)n3c(c[n+]4ccccc34)c3ccccc23)cc1. The van der Waals surface area contributed by atoms with Gasteiger partial charge in [-0.15, -0.1) is 0 Å². The third-order valence-electron chi connectivity index (χ3n) is 6.40. The fraction of sp³-hybridized carbons (Fsp3) is 0.0690. The van der Waals surface area contributed by atoms with Crippen LogP contribution in [0, 0.1) is 0 Å². The van der Waals surface area contributed by atoms with Gasteiger partial charge in [-0.1, -0.05) is 48.5 Å². The van der Waals surface area contributed by atoms with Crippen molar-refractivity contribution in [2.75, 3.05) is 7.11 Å². The van der Waals surface area contributed by atoms with Gasteiger partial charge in [-0.2, -0.15) is 17.6 Å². The molecule has 3 aromatic carbocycles. The Hall–Kier alpha value is -4.32. The molecular weight excluding hydrogens is 449 g/mol. The Morgan fingerprint density at radius 3 is 2.09 bits per heavy atom. The van der Waals surface area contributed by atoms with Crippen LogP contribution >= 0.6 is 0 Å². The molecule has 0 unspecified atom stereocenters. The number of hydrogen-bond donors (Lipinski definition) is 0. The highest BCUT2D eigenvalue weighted by molar-refractivity contribution is 6.10. The molecule has 0 N–H and O–H groups in total. The van der Waals surface area contributed by atoms with Crippen LogP contribution in [0.15, 0.2) is 103 Å². The van der Waals surface area contributed by atoms with Gasteiger partial charge in [-0.25, -0.2) is 4.40 Å². The van der Waals surface area contributed by atoms with E-state index in [0.29, 0.717) is 5.56 Å². The molecule has 0 spiro atoms. The lowest BCUT2D eigenvalue weighted by molar-refractivity contribution is -0.509. The molecule has 0 fully saturated rings. The summed E-state index contributed by atoms with van der Waals surface area (Å²) in [4.78, 5) is 0. The fourth-order valence-electron chi connectivity index (χ4n) is 4.79. The Morgan fingerprint density at radius 2 is 1.40 bits per heavy atom. The molecule has 0 aliphatic carbocycles. The van der Waals surface area contributed by atoms with Gasteiger partial charge in [-0.3, -0.25) is 0 Å². The van der Waals surface area contributed by atoms with Gasteiger partial charge in [-0.05, 0) is 47.3 Å². The molecule has 0 amide bonds. The Kier molecular flexibility index (Phi) is 4.78. The van der Waals surface area contributed by atoms with E-state index in [4.69, 9.17) is 4.74 Å². The maximum absolute atomic E-state index is 13.3. The smallest absolute Gasteiger partial charge is 0.416 e. The lowest BCUT2D eigenvalue weighted by Gasteiger charge is -2.15. The maximum Gasteiger partial charge on any atom is 0.416 e. The van der Waals surface area contributed by atoms with Crippen molar-refractivity contribution in [2.24, 2.45) is 0 Å². The molecule has 6 rings (SSSR count). The predicted octanol–water partition coefficient (Wildman–Crippen LogP) is 7.19. The first-order chi connectivity index (χ1) is 17.0. The van der Waals surface area contributed by atoms with Crippen LogP contribution in [0.1, 0.15) is 5.56 Å². The summed E-state index contributed by atoms with van der Waals surface area (Å²) in [5.74, 6) is 0.734. The summed E-state index contributed by atoms with van der Waals surface area (Å²) in [5, 5.41) is 2.07. The van der Waals surface area contributed by atoms with Crippen LogP contribution in [0.25, 0.3) is 44.3 Å². The van der Waals surface area contributed by atoms with Gasteiger partial charge in [0.2, 0.25) is 0 Å². The first-order valence-corrected chi connectivity index (χ1v) is 11.1. The van der Waals surface area contributed by atoms with Crippen LogP contribution in [0.3, 0.4) is 0 Å². The summed E-state index contributed by atoms with van der Waals surface area (Å²) < 4.78 is 49.5. The number of benzene rings is 3. The van der Waals surface area contributed by atoms with Crippen LogP contribution < -0.4 is 9.14 Å². The van der Waals surface area contributed by atoms with Gasteiger partial charge in [0.25, 0.3) is 5.65 Å². The zero-order chi connectivity index (χ0) is 24.2. The van der Waals surface area contributed by atoms with Crippen molar-refractivity contribution >= 4 is 21.9 Å². The Labute approximate surface area is 199 Å². The lowest BCUT2D eigenvalue weighted by Crippen LogP contribution is -2.17. The molecule has 0 bridgehead atoms. The van der Waals surface area contributed by atoms with Crippen LogP contribution in [-0.2, 0) is 6.18 Å². The van der Waals surface area contributed by atoms with Gasteiger partial charge in [0, 0.05) is 22.6 Å². The van der Waals surface area contributed by atoms with E-state index < -0.39 is 11.7 Å². The van der Waals surface area contributed by atoms with Gasteiger partial charge < -0.3 is 4.74 Å². The second-order valence-electron chi connectivity index (χ2n) is 8.39. The Bertz CT molecular complexity index is 1700. The van der Waals surface area contributed by atoms with E-state index in [1.165, 1.54) is 0 Å². The third-order valence-corrected chi connectivity index (χ3v) is 6.40. The lowest BCUT2D eigenvalue weighted by atomic mass is 9.92. The fourth-order valence-corrected chi connectivity index (χ4v) is 4.79. The molecule has 0 saturated heterocycles. The van der Waals surface area contributed by atoms with Crippen molar-refractivity contribution in [1.82, 2.24) is 4.40 Å². The monoisotopic (exact) mass is 469 g/mol. The van der Waals surface area contributed by atoms with E-state index in [9.17, 15) is 13.2 Å². The number of pyridine rings is 2. The number of imidazole rings is 1. The number of nitrogens with zero attached hydrogens (tertiary/aromatic N) is 2. The van der Waals surface area contributed by atoms with Crippen molar-refractivity contribution in [1.29, 1.82) is 0 Å². The summed E-state index contributed by atoms with van der Waals surface area (Å²) in [6.07, 6.45) is -0.365. The van der Waals surface area contributed by atoms with Crippen molar-refractivity contribution in [3.8, 4) is 28.1 Å². The molecule has 0 aliphatic heterocycles. The van der Waals surface area contributed by atoms with Crippen molar-refractivity contribution < 1.29 is 22.3 Å². The molecule has 0 saturated carbocycles. The van der Waals surface area contributed by atoms with Gasteiger partial charge in [0.15, 0.2) is 5.52 Å². The summed E-state index contributed by atoms with van der Waals surface area (Å²) in [6.45, 7) is 0. The third kappa shape index (κ3) is 3.41. The van der Waals surface area contributed by atoms with Crippen molar-refractivity contribution in [2.45, 2.75) is 6.18 Å². The zero-order valence-corrected chi connectivity index (χ0v) is 18.8. The van der Waals surface area contributed by atoms with E-state index in [-0.39, 0.29) is 0 Å². The Balaban J connectivity index is 1.79. The van der Waals surface area contributed by atoms with Crippen molar-refractivity contribution in [3.63, 3.8) is 0 Å². The molecular formula is C29H20F3N2O+. The summed E-state index contributed by atoms with van der Waals surface area (Å²) in [5.41, 5.74) is 4.62. The van der Waals surface area contributed by atoms with Crippen LogP contribution in [-0.4, -0.2) is 11.5 Å². The summed E-state index contributed by atoms with van der Waals surface area (Å²) in [6, 6.07) is 27.2. The van der Waals surface area contributed by atoms with Crippen molar-refractivity contribution in [3.05, 3.63) is 109 Å². The minimum atomic E-state index is -4.40. The first kappa shape index (κ1) is 21.2. The molecule has 172 valence electrons. The van der Waals surface area contributed by atoms with E-state index in [1.54, 1.807) is 19.2 Å². The van der Waals surface area contributed by atoms with Gasteiger partial charge in [0.05, 0.1) is 18.9 Å². The number of hydrogen-bond acceptors (Lipinski definition) is 1. The predicted molar refractivity (Wildman–Crippen MR) is 130 cm³/mol. The van der Waals surface area contributed by atoms with Gasteiger partial charge >= 0.3 is 6.18 Å². The molecule has 0 radical (unpaired) electrons. The molecule has 3 aromatic heterocycles. The molecule has 3 heterocycles. The highest BCUT2D eigenvalue weighted by Crippen LogP contribution is 2.42. The second kappa shape index (κ2) is 7.87. The van der Waals surface area contributed by atoms with E-state index in [2.05, 4.69) is 22.7 Å². The van der Waals surface area contributed by atoms with Crippen LogP contribution in [0.4, 0.5) is 13.2 Å². The minimum Gasteiger partial charge on any atom is -0.497 e. The number of aromatic nitrogens is 2. The molecule has 3 nitrogen and oxygen atoms in total. The molecule has 6 aromatic rings. The normalized spacial score (nSPS) is 12.0. The zero-order valence-electron chi connectivity index (χ0n) is 18.8. The number of rotatable bonds is 3. The summed E-state index contributed by atoms with van der Waals surface area (Å²) >= 11 is 0. The van der Waals surface area contributed by atoms with Crippen LogP contribution in [0.2, 0.25) is 0 Å². The largest absolute Gasteiger partial charge is 0.497 e. The highest BCUT2D eigenvalue weighted by Gasteiger charge is 2.31. The highest BCUT2D eigenvalue weighted by atomic mass is 19.4. The molecule has 6 heteroatoms. The average molecular weight is 469 g/mol. The standard InChI is InChI=1S/C29H20F3N2O/c1-35-22-15-11-19(12-16-22)27-24-7-3-2-6-23(24)25-18-33-17-5-4-8-26(33)34(25)28(27)20-9-13-21(14-10-20)29(30,31)32/h2-18H,1H3/q+1. The van der Waals surface area contributed by atoms with E-state index in [1.807, 2.05) is 65.2 Å². The number of fused-ring (bicyclic) bond motifs is 5. The maximum atomic E-state index is 13.3. The summed E-state index contributed by atoms with van der Waals surface area (Å²) in [7, 11) is 1.62. The molecule has 0 atom stereocenters. The number of methoxy groups -OCH3 is 1.